The first-order valence-electron chi connectivity index (χ1n) is 7.72. The van der Waals surface area contributed by atoms with Crippen LogP contribution in [0.3, 0.4) is 0 Å². The monoisotopic (exact) mass is 380 g/mol. The number of hydrogen-bond acceptors (Lipinski definition) is 6. The van der Waals surface area contributed by atoms with E-state index in [1.807, 2.05) is 13.8 Å². The van der Waals surface area contributed by atoms with Crippen LogP contribution >= 0.6 is 11.6 Å². The van der Waals surface area contributed by atoms with Crippen molar-refractivity contribution in [3.05, 3.63) is 56.0 Å². The lowest BCUT2D eigenvalue weighted by atomic mass is 10.0. The van der Waals surface area contributed by atoms with Gasteiger partial charge < -0.3 is 10.4 Å². The second-order valence-electron chi connectivity index (χ2n) is 6.03. The van der Waals surface area contributed by atoms with E-state index in [9.17, 15) is 24.8 Å². The van der Waals surface area contributed by atoms with Crippen molar-refractivity contribution in [1.29, 1.82) is 0 Å². The Morgan fingerprint density at radius 1 is 1.38 bits per heavy atom. The van der Waals surface area contributed by atoms with Gasteiger partial charge in [0.15, 0.2) is 0 Å². The number of nitrogens with one attached hydrogen (secondary N) is 1. The number of halogens is 1. The number of nitro benzene ring substituents is 1. The standard InChI is InChI=1S/C16H17ClN4O5/c1-9(2)7-12(16(23)24)19-13-8-18-20(15(22)14(13)17)10-3-5-11(6-4-10)21(25)26/h3-6,8-9,12,19H,7H2,1-2H3,(H,23,24)/t12-/m1/s1. The molecule has 1 aromatic carbocycles. The van der Waals surface area contributed by atoms with E-state index in [1.54, 1.807) is 0 Å². The van der Waals surface area contributed by atoms with Crippen LogP contribution in [0.15, 0.2) is 35.3 Å². The molecule has 26 heavy (non-hydrogen) atoms. The van der Waals surface area contributed by atoms with Crippen molar-refractivity contribution in [1.82, 2.24) is 9.78 Å². The lowest BCUT2D eigenvalue weighted by Gasteiger charge is -2.18. The molecular formula is C16H17ClN4O5. The molecule has 0 aliphatic heterocycles. The van der Waals surface area contributed by atoms with Gasteiger partial charge in [-0.15, -0.1) is 0 Å². The summed E-state index contributed by atoms with van der Waals surface area (Å²) in [4.78, 5) is 33.9. The SMILES string of the molecule is CC(C)C[C@@H](Nc1cnn(-c2ccc([N+](=O)[O-])cc2)c(=O)c1Cl)C(=O)O. The van der Waals surface area contributed by atoms with Crippen molar-refractivity contribution in [3.63, 3.8) is 0 Å². The van der Waals surface area contributed by atoms with Crippen LogP contribution in [-0.4, -0.2) is 31.8 Å². The third kappa shape index (κ3) is 4.37. The van der Waals surface area contributed by atoms with Crippen LogP contribution in [0.2, 0.25) is 5.02 Å². The lowest BCUT2D eigenvalue weighted by molar-refractivity contribution is -0.384. The third-order valence-electron chi connectivity index (χ3n) is 3.56. The maximum atomic E-state index is 12.4. The van der Waals surface area contributed by atoms with Crippen molar-refractivity contribution in [2.45, 2.75) is 26.3 Å². The zero-order valence-electron chi connectivity index (χ0n) is 14.0. The second kappa shape index (κ2) is 7.96. The number of rotatable bonds is 7. The molecule has 9 nitrogen and oxygen atoms in total. The van der Waals surface area contributed by atoms with Crippen LogP contribution < -0.4 is 10.9 Å². The quantitative estimate of drug-likeness (QED) is 0.558. The number of anilines is 1. The van der Waals surface area contributed by atoms with Gasteiger partial charge in [0.05, 0.1) is 22.5 Å². The number of benzene rings is 1. The summed E-state index contributed by atoms with van der Waals surface area (Å²) < 4.78 is 0.982. The van der Waals surface area contributed by atoms with Crippen LogP contribution in [0.25, 0.3) is 5.69 Å². The van der Waals surface area contributed by atoms with Crippen LogP contribution in [0.1, 0.15) is 20.3 Å². The van der Waals surface area contributed by atoms with E-state index in [4.69, 9.17) is 11.6 Å². The summed E-state index contributed by atoms with van der Waals surface area (Å²) in [5, 5.41) is 26.5. The highest BCUT2D eigenvalue weighted by Gasteiger charge is 2.21. The van der Waals surface area contributed by atoms with E-state index < -0.39 is 22.5 Å². The van der Waals surface area contributed by atoms with Gasteiger partial charge in [-0.3, -0.25) is 14.9 Å². The molecule has 138 valence electrons. The van der Waals surface area contributed by atoms with Gasteiger partial charge in [0.2, 0.25) is 0 Å². The Hall–Kier alpha value is -2.94. The van der Waals surface area contributed by atoms with Gasteiger partial charge in [-0.05, 0) is 24.5 Å². The number of nitrogens with zero attached hydrogens (tertiary/aromatic N) is 3. The summed E-state index contributed by atoms with van der Waals surface area (Å²) in [6.45, 7) is 3.76. The van der Waals surface area contributed by atoms with E-state index in [2.05, 4.69) is 10.4 Å². The summed E-state index contributed by atoms with van der Waals surface area (Å²) >= 11 is 6.08. The highest BCUT2D eigenvalue weighted by Crippen LogP contribution is 2.20. The van der Waals surface area contributed by atoms with Crippen LogP contribution in [0, 0.1) is 16.0 Å². The Bertz CT molecular complexity index is 879. The van der Waals surface area contributed by atoms with E-state index in [0.29, 0.717) is 12.1 Å². The molecule has 2 rings (SSSR count). The molecule has 0 fully saturated rings. The van der Waals surface area contributed by atoms with Crippen molar-refractivity contribution >= 4 is 28.9 Å². The Kier molecular flexibility index (Phi) is 5.93. The number of aromatic nitrogens is 2. The molecule has 10 heteroatoms. The molecule has 0 saturated heterocycles. The fraction of sp³-hybridized carbons (Fsp3) is 0.312. The molecule has 1 aromatic heterocycles. The second-order valence-corrected chi connectivity index (χ2v) is 6.41. The number of carbonyl (C=O) groups is 1. The van der Waals surface area contributed by atoms with Gasteiger partial charge in [0, 0.05) is 12.1 Å². The molecular weight excluding hydrogens is 364 g/mol. The third-order valence-corrected chi connectivity index (χ3v) is 3.92. The van der Waals surface area contributed by atoms with Crippen molar-refractivity contribution in [3.8, 4) is 5.69 Å². The molecule has 1 atom stereocenters. The molecule has 0 amide bonds. The van der Waals surface area contributed by atoms with Crippen molar-refractivity contribution < 1.29 is 14.8 Å². The van der Waals surface area contributed by atoms with Crippen LogP contribution in [-0.2, 0) is 4.79 Å². The molecule has 0 radical (unpaired) electrons. The van der Waals surface area contributed by atoms with Gasteiger partial charge in [-0.2, -0.15) is 9.78 Å². The topological polar surface area (TPSA) is 127 Å². The summed E-state index contributed by atoms with van der Waals surface area (Å²) in [5.74, 6) is -0.940. The lowest BCUT2D eigenvalue weighted by Crippen LogP contribution is -2.32. The zero-order valence-corrected chi connectivity index (χ0v) is 14.8. The van der Waals surface area contributed by atoms with Gasteiger partial charge in [0.25, 0.3) is 11.2 Å². The number of aliphatic carboxylic acids is 1. The molecule has 0 aliphatic rings. The first-order valence-corrected chi connectivity index (χ1v) is 8.10. The number of hydrogen-bond donors (Lipinski definition) is 2. The first-order chi connectivity index (χ1) is 12.2. The fourth-order valence-electron chi connectivity index (χ4n) is 2.31. The van der Waals surface area contributed by atoms with E-state index in [0.717, 1.165) is 4.68 Å². The van der Waals surface area contributed by atoms with E-state index in [-0.39, 0.29) is 22.3 Å². The molecule has 2 aromatic rings. The number of carboxylic acids is 1. The minimum Gasteiger partial charge on any atom is -0.480 e. The van der Waals surface area contributed by atoms with Gasteiger partial charge in [0.1, 0.15) is 11.1 Å². The van der Waals surface area contributed by atoms with Gasteiger partial charge in [-0.25, -0.2) is 4.79 Å². The minimum atomic E-state index is -1.06. The summed E-state index contributed by atoms with van der Waals surface area (Å²) in [6, 6.07) is 4.31. The smallest absolute Gasteiger partial charge is 0.326 e. The predicted octanol–water partition coefficient (Wildman–Crippen LogP) is 2.71. The predicted molar refractivity (Wildman–Crippen MR) is 96.0 cm³/mol. The highest BCUT2D eigenvalue weighted by atomic mass is 35.5. The molecule has 0 bridgehead atoms. The molecule has 0 aliphatic carbocycles. The molecule has 2 N–H and O–H groups in total. The normalized spacial score (nSPS) is 12.0. The number of non-ortho nitro benzene ring substituents is 1. The highest BCUT2D eigenvalue weighted by molar-refractivity contribution is 6.33. The molecule has 0 unspecified atom stereocenters. The van der Waals surface area contributed by atoms with Gasteiger partial charge >= 0.3 is 5.97 Å². The maximum absolute atomic E-state index is 12.4. The maximum Gasteiger partial charge on any atom is 0.326 e. The van der Waals surface area contributed by atoms with Crippen molar-refractivity contribution in [2.75, 3.05) is 5.32 Å². The minimum absolute atomic E-state index is 0.114. The molecule has 0 spiro atoms. The molecule has 0 saturated carbocycles. The van der Waals surface area contributed by atoms with Gasteiger partial charge in [-0.1, -0.05) is 25.4 Å². The van der Waals surface area contributed by atoms with Crippen LogP contribution in [0.5, 0.6) is 0 Å². The number of carboxylic acid groups (broad SMARTS) is 1. The van der Waals surface area contributed by atoms with E-state index in [1.165, 1.54) is 30.5 Å². The Morgan fingerprint density at radius 3 is 2.50 bits per heavy atom. The average Bonchev–Trinajstić information content (AvgIpc) is 2.58. The van der Waals surface area contributed by atoms with Crippen LogP contribution in [0.4, 0.5) is 11.4 Å². The number of nitro groups is 1. The first kappa shape index (κ1) is 19.4. The largest absolute Gasteiger partial charge is 0.480 e. The fourth-order valence-corrected chi connectivity index (χ4v) is 2.50. The van der Waals surface area contributed by atoms with Crippen molar-refractivity contribution in [2.24, 2.45) is 5.92 Å². The average molecular weight is 381 g/mol. The summed E-state index contributed by atoms with van der Waals surface area (Å²) in [6.07, 6.45) is 1.60. The van der Waals surface area contributed by atoms with E-state index >= 15 is 0 Å². The Balaban J connectivity index is 2.34. The Labute approximate surface area is 153 Å². The summed E-state index contributed by atoms with van der Waals surface area (Å²) in [7, 11) is 0. The Morgan fingerprint density at radius 2 is 2.00 bits per heavy atom. The zero-order chi connectivity index (χ0) is 19.4. The molecule has 1 heterocycles. The summed E-state index contributed by atoms with van der Waals surface area (Å²) in [5.41, 5.74) is -0.378.